The third-order valence-electron chi connectivity index (χ3n) is 5.91. The molecule has 1 saturated heterocycles. The zero-order valence-corrected chi connectivity index (χ0v) is 19.8. The van der Waals surface area contributed by atoms with Gasteiger partial charge in [0.25, 0.3) is 0 Å². The number of rotatable bonds is 7. The number of carbonyl (C=O) groups is 2. The third kappa shape index (κ3) is 5.10. The van der Waals surface area contributed by atoms with Gasteiger partial charge in [0.15, 0.2) is 11.5 Å². The normalized spacial score (nSPS) is 17.1. The summed E-state index contributed by atoms with van der Waals surface area (Å²) in [6.07, 6.45) is 0.745. The predicted molar refractivity (Wildman–Crippen MR) is 123 cm³/mol. The van der Waals surface area contributed by atoms with Gasteiger partial charge in [-0.1, -0.05) is 0 Å². The Morgan fingerprint density at radius 1 is 1.06 bits per heavy atom. The number of nitrogens with one attached hydrogen (secondary N) is 2. The van der Waals surface area contributed by atoms with Gasteiger partial charge in [-0.25, -0.2) is 8.42 Å². The smallest absolute Gasteiger partial charge is 0.246 e. The lowest BCUT2D eigenvalue weighted by molar-refractivity contribution is -0.129. The van der Waals surface area contributed by atoms with Crippen LogP contribution in [0.2, 0.25) is 0 Å². The summed E-state index contributed by atoms with van der Waals surface area (Å²) >= 11 is 0. The van der Waals surface area contributed by atoms with Gasteiger partial charge in [-0.3, -0.25) is 9.59 Å². The van der Waals surface area contributed by atoms with Gasteiger partial charge < -0.3 is 24.8 Å². The van der Waals surface area contributed by atoms with E-state index in [1.54, 1.807) is 37.3 Å². The second-order valence-corrected chi connectivity index (χ2v) is 10.1. The van der Waals surface area contributed by atoms with Crippen molar-refractivity contribution in [3.63, 3.8) is 0 Å². The van der Waals surface area contributed by atoms with Crippen molar-refractivity contribution in [2.75, 3.05) is 32.3 Å². The Balaban J connectivity index is 1.28. The second-order valence-electron chi connectivity index (χ2n) is 8.14. The molecule has 1 fully saturated rings. The SMILES string of the molecule is COc1ccc(S(=O)(=O)N2CCC(C(=O)N[C@H](C)C(=O)Nc3ccc4c(c3)OCO4)CC2)cc1. The molecule has 4 rings (SSSR count). The lowest BCUT2D eigenvalue weighted by Gasteiger charge is -2.31. The van der Waals surface area contributed by atoms with E-state index in [-0.39, 0.29) is 42.5 Å². The summed E-state index contributed by atoms with van der Waals surface area (Å²) in [6.45, 7) is 2.19. The van der Waals surface area contributed by atoms with Crippen molar-refractivity contribution >= 4 is 27.5 Å². The summed E-state index contributed by atoms with van der Waals surface area (Å²) in [5.41, 5.74) is 0.535. The molecule has 2 heterocycles. The minimum atomic E-state index is -3.65. The van der Waals surface area contributed by atoms with Crippen molar-refractivity contribution in [1.29, 1.82) is 0 Å². The molecule has 2 aromatic carbocycles. The Bertz CT molecular complexity index is 1160. The average molecular weight is 490 g/mol. The fourth-order valence-corrected chi connectivity index (χ4v) is 5.35. The number of hydrogen-bond acceptors (Lipinski definition) is 7. The maximum absolute atomic E-state index is 12.9. The molecule has 2 amide bonds. The number of methoxy groups -OCH3 is 1. The zero-order valence-electron chi connectivity index (χ0n) is 18.9. The molecule has 2 aliphatic rings. The number of ether oxygens (including phenoxy) is 3. The van der Waals surface area contributed by atoms with Crippen LogP contribution in [0, 0.1) is 5.92 Å². The molecule has 182 valence electrons. The molecule has 0 aromatic heterocycles. The maximum Gasteiger partial charge on any atom is 0.246 e. The zero-order chi connectivity index (χ0) is 24.3. The Labute approximate surface area is 198 Å². The third-order valence-corrected chi connectivity index (χ3v) is 7.83. The Morgan fingerprint density at radius 3 is 2.41 bits per heavy atom. The molecular weight excluding hydrogens is 462 g/mol. The van der Waals surface area contributed by atoms with Crippen molar-refractivity contribution in [3.05, 3.63) is 42.5 Å². The largest absolute Gasteiger partial charge is 0.497 e. The van der Waals surface area contributed by atoms with E-state index >= 15 is 0 Å². The number of fused-ring (bicyclic) bond motifs is 1. The summed E-state index contributed by atoms with van der Waals surface area (Å²) in [6, 6.07) is 10.5. The van der Waals surface area contributed by atoms with Gasteiger partial charge in [0.05, 0.1) is 12.0 Å². The van der Waals surface area contributed by atoms with Gasteiger partial charge >= 0.3 is 0 Å². The molecule has 0 unspecified atom stereocenters. The van der Waals surface area contributed by atoms with E-state index in [2.05, 4.69) is 10.6 Å². The number of benzene rings is 2. The lowest BCUT2D eigenvalue weighted by atomic mass is 9.97. The van der Waals surface area contributed by atoms with Crippen LogP contribution in [0.1, 0.15) is 19.8 Å². The number of sulfonamides is 1. The highest BCUT2D eigenvalue weighted by Gasteiger charge is 2.33. The standard InChI is InChI=1S/C23H27N3O7S/c1-15(22(27)25-17-3-8-20-21(13-17)33-14-32-20)24-23(28)16-9-11-26(12-10-16)34(29,30)19-6-4-18(31-2)5-7-19/h3-8,13,15-16H,9-12,14H2,1-2H3,(H,24,28)(H,25,27)/t15-/m1/s1. The highest BCUT2D eigenvalue weighted by atomic mass is 32.2. The first-order chi connectivity index (χ1) is 16.3. The van der Waals surface area contributed by atoms with Gasteiger partial charge in [0, 0.05) is 30.8 Å². The van der Waals surface area contributed by atoms with E-state index in [9.17, 15) is 18.0 Å². The van der Waals surface area contributed by atoms with Crippen LogP contribution in [0.5, 0.6) is 17.2 Å². The molecular formula is C23H27N3O7S. The molecule has 2 aromatic rings. The molecule has 0 aliphatic carbocycles. The van der Waals surface area contributed by atoms with Crippen LogP contribution in [0.15, 0.2) is 47.4 Å². The van der Waals surface area contributed by atoms with Gasteiger partial charge in [-0.05, 0) is 56.2 Å². The summed E-state index contributed by atoms with van der Waals surface area (Å²) in [5, 5.41) is 5.48. The van der Waals surface area contributed by atoms with E-state index in [1.807, 2.05) is 0 Å². The van der Waals surface area contributed by atoms with Crippen molar-refractivity contribution in [1.82, 2.24) is 9.62 Å². The van der Waals surface area contributed by atoms with Crippen molar-refractivity contribution in [2.45, 2.75) is 30.7 Å². The van der Waals surface area contributed by atoms with Crippen molar-refractivity contribution < 1.29 is 32.2 Å². The van der Waals surface area contributed by atoms with Gasteiger partial charge in [0.2, 0.25) is 28.6 Å². The highest BCUT2D eigenvalue weighted by Crippen LogP contribution is 2.34. The van der Waals surface area contributed by atoms with E-state index < -0.39 is 16.1 Å². The summed E-state index contributed by atoms with van der Waals surface area (Å²) in [7, 11) is -2.13. The van der Waals surface area contributed by atoms with Crippen molar-refractivity contribution in [3.8, 4) is 17.2 Å². The monoisotopic (exact) mass is 489 g/mol. The molecule has 1 atom stereocenters. The average Bonchev–Trinajstić information content (AvgIpc) is 3.32. The molecule has 0 spiro atoms. The van der Waals surface area contributed by atoms with Crippen LogP contribution in [0.25, 0.3) is 0 Å². The number of amides is 2. The maximum atomic E-state index is 12.9. The lowest BCUT2D eigenvalue weighted by Crippen LogP contribution is -2.47. The van der Waals surface area contributed by atoms with E-state index in [0.29, 0.717) is 35.8 Å². The van der Waals surface area contributed by atoms with Gasteiger partial charge in [-0.2, -0.15) is 4.31 Å². The first kappa shape index (κ1) is 23.8. The van der Waals surface area contributed by atoms with Crippen LogP contribution in [-0.2, 0) is 19.6 Å². The Morgan fingerprint density at radius 2 is 1.74 bits per heavy atom. The number of nitrogens with zero attached hydrogens (tertiary/aromatic N) is 1. The topological polar surface area (TPSA) is 123 Å². The summed E-state index contributed by atoms with van der Waals surface area (Å²) in [5.74, 6) is 0.723. The number of carbonyl (C=O) groups excluding carboxylic acids is 2. The minimum absolute atomic E-state index is 0.138. The molecule has 0 radical (unpaired) electrons. The quantitative estimate of drug-likeness (QED) is 0.610. The van der Waals surface area contributed by atoms with Gasteiger partial charge in [0.1, 0.15) is 11.8 Å². The Kier molecular flexibility index (Phi) is 6.94. The second kappa shape index (κ2) is 9.90. The molecule has 2 N–H and O–H groups in total. The number of piperidine rings is 1. The fourth-order valence-electron chi connectivity index (χ4n) is 3.88. The molecule has 0 bridgehead atoms. The molecule has 10 nitrogen and oxygen atoms in total. The van der Waals surface area contributed by atoms with E-state index in [1.165, 1.54) is 23.5 Å². The summed E-state index contributed by atoms with van der Waals surface area (Å²) < 4.78 is 42.8. The molecule has 0 saturated carbocycles. The molecule has 34 heavy (non-hydrogen) atoms. The van der Waals surface area contributed by atoms with Crippen molar-refractivity contribution in [2.24, 2.45) is 5.92 Å². The van der Waals surface area contributed by atoms with E-state index in [4.69, 9.17) is 14.2 Å². The van der Waals surface area contributed by atoms with Crippen LogP contribution >= 0.6 is 0 Å². The molecule has 2 aliphatic heterocycles. The fraction of sp³-hybridized carbons (Fsp3) is 0.391. The van der Waals surface area contributed by atoms with Crippen LogP contribution in [0.4, 0.5) is 5.69 Å². The van der Waals surface area contributed by atoms with Crippen LogP contribution in [-0.4, -0.2) is 57.6 Å². The van der Waals surface area contributed by atoms with Gasteiger partial charge in [-0.15, -0.1) is 0 Å². The number of anilines is 1. The van der Waals surface area contributed by atoms with E-state index in [0.717, 1.165) is 0 Å². The van der Waals surface area contributed by atoms with Crippen LogP contribution < -0.4 is 24.8 Å². The first-order valence-electron chi connectivity index (χ1n) is 10.9. The molecule has 11 heteroatoms. The highest BCUT2D eigenvalue weighted by molar-refractivity contribution is 7.89. The first-order valence-corrected chi connectivity index (χ1v) is 12.4. The Hall–Kier alpha value is -3.31. The summed E-state index contributed by atoms with van der Waals surface area (Å²) in [4.78, 5) is 25.4. The minimum Gasteiger partial charge on any atom is -0.497 e. The predicted octanol–water partition coefficient (Wildman–Crippen LogP) is 1.97. The number of hydrogen-bond donors (Lipinski definition) is 2. The van der Waals surface area contributed by atoms with Crippen LogP contribution in [0.3, 0.4) is 0 Å².